The molecule has 2 saturated heterocycles. The third-order valence-electron chi connectivity index (χ3n) is 4.58. The van der Waals surface area contributed by atoms with E-state index in [1.54, 1.807) is 12.1 Å². The fourth-order valence-corrected chi connectivity index (χ4v) is 4.35. The molecule has 0 radical (unpaired) electrons. The zero-order chi connectivity index (χ0) is 15.8. The lowest BCUT2D eigenvalue weighted by molar-refractivity contribution is -0.0955. The molecular formula is C17H18FNO3S. The monoisotopic (exact) mass is 335 g/mol. The van der Waals surface area contributed by atoms with E-state index in [1.807, 2.05) is 11.0 Å². The Bertz CT molecular complexity index is 718. The highest BCUT2D eigenvalue weighted by Gasteiger charge is 2.32. The number of piperidine rings is 1. The molecule has 0 atom stereocenters. The summed E-state index contributed by atoms with van der Waals surface area (Å²) >= 11 is 1.36. The normalized spacial score (nSPS) is 20.5. The van der Waals surface area contributed by atoms with Crippen molar-refractivity contribution < 1.29 is 18.7 Å². The molecule has 0 N–H and O–H groups in total. The average Bonchev–Trinajstić information content (AvgIpc) is 3.24. The Morgan fingerprint density at radius 3 is 2.65 bits per heavy atom. The molecule has 0 unspecified atom stereocenters. The van der Waals surface area contributed by atoms with Crippen molar-refractivity contribution in [3.05, 3.63) is 35.0 Å². The first-order valence-corrected chi connectivity index (χ1v) is 8.74. The maximum atomic E-state index is 13.8. The second kappa shape index (κ2) is 6.19. The van der Waals surface area contributed by atoms with Crippen LogP contribution in [-0.2, 0) is 9.47 Å². The van der Waals surface area contributed by atoms with Crippen molar-refractivity contribution in [2.45, 2.75) is 19.1 Å². The summed E-state index contributed by atoms with van der Waals surface area (Å²) in [5.74, 6) is 0.0887. The standard InChI is InChI=1S/C17H18FNO3S/c18-13-2-1-3-14-12(13)10-15(23-14)16(20)19-6-4-11(5-7-19)17-21-8-9-22-17/h1-3,10-11,17H,4-9H2. The second-order valence-electron chi connectivity index (χ2n) is 6.00. The van der Waals surface area contributed by atoms with Crippen LogP contribution in [0, 0.1) is 11.7 Å². The number of hydrogen-bond donors (Lipinski definition) is 0. The zero-order valence-corrected chi connectivity index (χ0v) is 13.5. The highest BCUT2D eigenvalue weighted by molar-refractivity contribution is 7.20. The van der Waals surface area contributed by atoms with Gasteiger partial charge in [-0.3, -0.25) is 4.79 Å². The smallest absolute Gasteiger partial charge is 0.263 e. The molecule has 23 heavy (non-hydrogen) atoms. The summed E-state index contributed by atoms with van der Waals surface area (Å²) in [6.07, 6.45) is 1.66. The summed E-state index contributed by atoms with van der Waals surface area (Å²) in [6, 6.07) is 6.62. The molecular weight excluding hydrogens is 317 g/mol. The van der Waals surface area contributed by atoms with Gasteiger partial charge in [0.1, 0.15) is 5.82 Å². The van der Waals surface area contributed by atoms with E-state index in [-0.39, 0.29) is 18.0 Å². The van der Waals surface area contributed by atoms with Crippen molar-refractivity contribution in [3.63, 3.8) is 0 Å². The van der Waals surface area contributed by atoms with Crippen LogP contribution in [0.15, 0.2) is 24.3 Å². The van der Waals surface area contributed by atoms with Gasteiger partial charge in [0.25, 0.3) is 5.91 Å². The fourth-order valence-electron chi connectivity index (χ4n) is 3.31. The van der Waals surface area contributed by atoms with Crippen LogP contribution in [0.3, 0.4) is 0 Å². The van der Waals surface area contributed by atoms with E-state index in [2.05, 4.69) is 0 Å². The van der Waals surface area contributed by atoms with E-state index in [4.69, 9.17) is 9.47 Å². The largest absolute Gasteiger partial charge is 0.350 e. The Balaban J connectivity index is 1.45. The van der Waals surface area contributed by atoms with Gasteiger partial charge in [-0.05, 0) is 31.0 Å². The lowest BCUT2D eigenvalue weighted by Gasteiger charge is -2.33. The molecule has 1 amide bonds. The van der Waals surface area contributed by atoms with Crippen LogP contribution >= 0.6 is 11.3 Å². The van der Waals surface area contributed by atoms with Crippen molar-refractivity contribution in [1.82, 2.24) is 4.90 Å². The molecule has 0 spiro atoms. The number of carbonyl (C=O) groups excluding carboxylic acids is 1. The first kappa shape index (κ1) is 15.1. The van der Waals surface area contributed by atoms with Gasteiger partial charge in [0.2, 0.25) is 0 Å². The molecule has 2 fully saturated rings. The molecule has 2 aromatic rings. The average molecular weight is 335 g/mol. The third-order valence-corrected chi connectivity index (χ3v) is 5.67. The van der Waals surface area contributed by atoms with Gasteiger partial charge in [0.05, 0.1) is 18.1 Å². The second-order valence-corrected chi connectivity index (χ2v) is 7.09. The van der Waals surface area contributed by atoms with Crippen LogP contribution in [0.4, 0.5) is 4.39 Å². The molecule has 1 aromatic heterocycles. The number of likely N-dealkylation sites (tertiary alicyclic amines) is 1. The van der Waals surface area contributed by atoms with Crippen LogP contribution in [0.5, 0.6) is 0 Å². The molecule has 4 nitrogen and oxygen atoms in total. The van der Waals surface area contributed by atoms with Crippen molar-refractivity contribution in [3.8, 4) is 0 Å². The number of amides is 1. The lowest BCUT2D eigenvalue weighted by atomic mass is 9.96. The van der Waals surface area contributed by atoms with Crippen LogP contribution in [0.1, 0.15) is 22.5 Å². The van der Waals surface area contributed by atoms with Crippen LogP contribution in [0.2, 0.25) is 0 Å². The molecule has 122 valence electrons. The Kier molecular flexibility index (Phi) is 4.05. The third kappa shape index (κ3) is 2.86. The number of thiophene rings is 1. The lowest BCUT2D eigenvalue weighted by Crippen LogP contribution is -2.41. The fraction of sp³-hybridized carbons (Fsp3) is 0.471. The number of rotatable bonds is 2. The number of fused-ring (bicyclic) bond motifs is 1. The van der Waals surface area contributed by atoms with Gasteiger partial charge in [-0.1, -0.05) is 6.07 Å². The van der Waals surface area contributed by atoms with Crippen molar-refractivity contribution in [1.29, 1.82) is 0 Å². The predicted molar refractivity (Wildman–Crippen MR) is 86.1 cm³/mol. The summed E-state index contributed by atoms with van der Waals surface area (Å²) in [6.45, 7) is 2.72. The Morgan fingerprint density at radius 2 is 1.96 bits per heavy atom. The minimum atomic E-state index is -0.271. The number of benzene rings is 1. The Labute approximate surface area is 137 Å². The van der Waals surface area contributed by atoms with Gasteiger partial charge in [0, 0.05) is 29.1 Å². The first-order chi connectivity index (χ1) is 11.2. The maximum Gasteiger partial charge on any atom is 0.263 e. The molecule has 0 aliphatic carbocycles. The van der Waals surface area contributed by atoms with E-state index < -0.39 is 0 Å². The summed E-state index contributed by atoms with van der Waals surface area (Å²) < 4.78 is 25.7. The van der Waals surface area contributed by atoms with Gasteiger partial charge in [-0.25, -0.2) is 4.39 Å². The predicted octanol–water partition coefficient (Wildman–Crippen LogP) is 3.27. The first-order valence-electron chi connectivity index (χ1n) is 7.93. The number of ether oxygens (including phenoxy) is 2. The molecule has 4 rings (SSSR count). The molecule has 3 heterocycles. The highest BCUT2D eigenvalue weighted by atomic mass is 32.1. The quantitative estimate of drug-likeness (QED) is 0.845. The molecule has 0 saturated carbocycles. The number of carbonyl (C=O) groups is 1. The maximum absolute atomic E-state index is 13.8. The van der Waals surface area contributed by atoms with Gasteiger partial charge in [-0.15, -0.1) is 11.3 Å². The molecule has 1 aromatic carbocycles. The number of halogens is 1. The van der Waals surface area contributed by atoms with Gasteiger partial charge in [-0.2, -0.15) is 0 Å². The summed E-state index contributed by atoms with van der Waals surface area (Å²) in [4.78, 5) is 15.1. The van der Waals surface area contributed by atoms with Crippen LogP contribution in [0.25, 0.3) is 10.1 Å². The zero-order valence-electron chi connectivity index (χ0n) is 12.7. The topological polar surface area (TPSA) is 38.8 Å². The number of nitrogens with zero attached hydrogens (tertiary/aromatic N) is 1. The van der Waals surface area contributed by atoms with Crippen LogP contribution < -0.4 is 0 Å². The van der Waals surface area contributed by atoms with Crippen molar-refractivity contribution in [2.75, 3.05) is 26.3 Å². The SMILES string of the molecule is O=C(c1cc2c(F)cccc2s1)N1CCC(C2OCCO2)CC1. The van der Waals surface area contributed by atoms with Gasteiger partial charge in [0.15, 0.2) is 6.29 Å². The summed E-state index contributed by atoms with van der Waals surface area (Å²) in [5.41, 5.74) is 0. The van der Waals surface area contributed by atoms with E-state index in [0.717, 1.165) is 17.5 Å². The summed E-state index contributed by atoms with van der Waals surface area (Å²) in [7, 11) is 0. The molecule has 2 aliphatic heterocycles. The minimum absolute atomic E-state index is 0.00249. The van der Waals surface area contributed by atoms with Crippen LogP contribution in [-0.4, -0.2) is 43.4 Å². The molecule has 2 aliphatic rings. The summed E-state index contributed by atoms with van der Waals surface area (Å²) in [5, 5.41) is 0.531. The van der Waals surface area contributed by atoms with Gasteiger partial charge >= 0.3 is 0 Å². The Hall–Kier alpha value is -1.50. The van der Waals surface area contributed by atoms with Gasteiger partial charge < -0.3 is 14.4 Å². The van der Waals surface area contributed by atoms with E-state index in [9.17, 15) is 9.18 Å². The minimum Gasteiger partial charge on any atom is -0.350 e. The molecule has 0 bridgehead atoms. The molecule has 6 heteroatoms. The Morgan fingerprint density at radius 1 is 1.22 bits per heavy atom. The van der Waals surface area contributed by atoms with E-state index in [1.165, 1.54) is 17.4 Å². The number of hydrogen-bond acceptors (Lipinski definition) is 4. The van der Waals surface area contributed by atoms with E-state index in [0.29, 0.717) is 42.5 Å². The van der Waals surface area contributed by atoms with Crippen molar-refractivity contribution >= 4 is 27.3 Å². The van der Waals surface area contributed by atoms with E-state index >= 15 is 0 Å². The highest BCUT2D eigenvalue weighted by Crippen LogP contribution is 2.31. The van der Waals surface area contributed by atoms with Crippen molar-refractivity contribution in [2.24, 2.45) is 5.92 Å².